The molecule has 0 aliphatic heterocycles. The molecule has 0 saturated heterocycles. The molecule has 0 fully saturated rings. The lowest BCUT2D eigenvalue weighted by atomic mass is 10.2. The summed E-state index contributed by atoms with van der Waals surface area (Å²) in [6.07, 6.45) is 0. The summed E-state index contributed by atoms with van der Waals surface area (Å²) in [5.41, 5.74) is 1.99. The van der Waals surface area contributed by atoms with Crippen molar-refractivity contribution in [3.63, 3.8) is 0 Å². The molecule has 1 N–H and O–H groups in total. The molecular formula is C14H12ClNO2S. The Morgan fingerprint density at radius 3 is 2.74 bits per heavy atom. The van der Waals surface area contributed by atoms with E-state index in [1.165, 1.54) is 11.8 Å². The first-order valence-electron chi connectivity index (χ1n) is 5.65. The summed E-state index contributed by atoms with van der Waals surface area (Å²) >= 11 is 7.45. The number of hydrogen-bond acceptors (Lipinski definition) is 3. The second-order valence-electron chi connectivity index (χ2n) is 3.99. The smallest absolute Gasteiger partial charge is 0.338 e. The quantitative estimate of drug-likeness (QED) is 0.865. The molecule has 1 heterocycles. The number of pyridine rings is 1. The van der Waals surface area contributed by atoms with Crippen LogP contribution in [0, 0.1) is 6.92 Å². The number of thioether (sulfide) groups is 1. The highest BCUT2D eigenvalue weighted by molar-refractivity contribution is 7.98. The van der Waals surface area contributed by atoms with Crippen molar-refractivity contribution in [1.82, 2.24) is 4.98 Å². The first kappa shape index (κ1) is 13.9. The topological polar surface area (TPSA) is 50.2 Å². The average Bonchev–Trinajstić information content (AvgIpc) is 2.37. The van der Waals surface area contributed by atoms with Gasteiger partial charge in [0.2, 0.25) is 0 Å². The second-order valence-corrected chi connectivity index (χ2v) is 5.36. The normalized spacial score (nSPS) is 10.4. The zero-order valence-corrected chi connectivity index (χ0v) is 11.8. The zero-order valence-electron chi connectivity index (χ0n) is 10.3. The SMILES string of the molecule is Cc1ccc(C(=O)O)c(SCc2ccccc2Cl)n1. The number of aromatic nitrogens is 1. The van der Waals surface area contributed by atoms with Crippen LogP contribution in [-0.4, -0.2) is 16.1 Å². The lowest BCUT2D eigenvalue weighted by molar-refractivity contribution is 0.0692. The van der Waals surface area contributed by atoms with Crippen molar-refractivity contribution in [3.05, 3.63) is 58.2 Å². The van der Waals surface area contributed by atoms with Gasteiger partial charge in [-0.15, -0.1) is 11.8 Å². The lowest BCUT2D eigenvalue weighted by Crippen LogP contribution is -2.02. The Labute approximate surface area is 120 Å². The molecule has 2 aromatic rings. The molecule has 0 atom stereocenters. The second kappa shape index (κ2) is 6.08. The summed E-state index contributed by atoms with van der Waals surface area (Å²) < 4.78 is 0. The fourth-order valence-corrected chi connectivity index (χ4v) is 2.91. The molecule has 0 aliphatic rings. The molecule has 19 heavy (non-hydrogen) atoms. The lowest BCUT2D eigenvalue weighted by Gasteiger charge is -2.07. The molecule has 0 bridgehead atoms. The maximum Gasteiger partial charge on any atom is 0.338 e. The van der Waals surface area contributed by atoms with Crippen molar-refractivity contribution in [2.75, 3.05) is 0 Å². The van der Waals surface area contributed by atoms with E-state index in [4.69, 9.17) is 16.7 Å². The van der Waals surface area contributed by atoms with Crippen LogP contribution in [0.3, 0.4) is 0 Å². The number of hydrogen-bond donors (Lipinski definition) is 1. The average molecular weight is 294 g/mol. The Balaban J connectivity index is 2.22. The van der Waals surface area contributed by atoms with E-state index in [1.54, 1.807) is 12.1 Å². The number of carbonyl (C=O) groups is 1. The van der Waals surface area contributed by atoms with Crippen LogP contribution in [0.1, 0.15) is 21.6 Å². The largest absolute Gasteiger partial charge is 0.478 e. The molecule has 0 unspecified atom stereocenters. The van der Waals surface area contributed by atoms with Gasteiger partial charge < -0.3 is 5.11 Å². The third-order valence-electron chi connectivity index (χ3n) is 2.55. The van der Waals surface area contributed by atoms with Crippen molar-refractivity contribution in [1.29, 1.82) is 0 Å². The number of aromatic carboxylic acids is 1. The molecule has 0 saturated carbocycles. The van der Waals surface area contributed by atoms with Gasteiger partial charge in [0.1, 0.15) is 5.03 Å². The van der Waals surface area contributed by atoms with Crippen LogP contribution in [0.5, 0.6) is 0 Å². The van der Waals surface area contributed by atoms with Gasteiger partial charge >= 0.3 is 5.97 Å². The van der Waals surface area contributed by atoms with Gasteiger partial charge in [0.05, 0.1) is 5.56 Å². The van der Waals surface area contributed by atoms with Crippen LogP contribution in [0.4, 0.5) is 0 Å². The molecule has 0 aliphatic carbocycles. The van der Waals surface area contributed by atoms with Gasteiger partial charge in [-0.25, -0.2) is 9.78 Å². The molecule has 0 radical (unpaired) electrons. The van der Waals surface area contributed by atoms with E-state index >= 15 is 0 Å². The van der Waals surface area contributed by atoms with E-state index in [0.29, 0.717) is 15.8 Å². The predicted octanol–water partition coefficient (Wildman–Crippen LogP) is 4.03. The van der Waals surface area contributed by atoms with Crippen molar-refractivity contribution in [2.24, 2.45) is 0 Å². The zero-order chi connectivity index (χ0) is 13.8. The fourth-order valence-electron chi connectivity index (χ4n) is 1.57. The van der Waals surface area contributed by atoms with Crippen LogP contribution in [-0.2, 0) is 5.75 Å². The van der Waals surface area contributed by atoms with Crippen LogP contribution >= 0.6 is 23.4 Å². The van der Waals surface area contributed by atoms with E-state index in [0.717, 1.165) is 11.3 Å². The van der Waals surface area contributed by atoms with E-state index in [-0.39, 0.29) is 5.56 Å². The first-order chi connectivity index (χ1) is 9.08. The minimum Gasteiger partial charge on any atom is -0.478 e. The van der Waals surface area contributed by atoms with E-state index in [1.807, 2.05) is 31.2 Å². The van der Waals surface area contributed by atoms with Gasteiger partial charge in [-0.3, -0.25) is 0 Å². The number of carboxylic acid groups (broad SMARTS) is 1. The maximum absolute atomic E-state index is 11.1. The summed E-state index contributed by atoms with van der Waals surface area (Å²) in [5, 5.41) is 10.3. The molecule has 5 heteroatoms. The highest BCUT2D eigenvalue weighted by Crippen LogP contribution is 2.27. The molecule has 1 aromatic carbocycles. The first-order valence-corrected chi connectivity index (χ1v) is 7.01. The summed E-state index contributed by atoms with van der Waals surface area (Å²) in [6.45, 7) is 1.84. The Morgan fingerprint density at radius 2 is 2.05 bits per heavy atom. The van der Waals surface area contributed by atoms with E-state index in [9.17, 15) is 4.79 Å². The van der Waals surface area contributed by atoms with Gasteiger partial charge in [0, 0.05) is 16.5 Å². The Morgan fingerprint density at radius 1 is 1.32 bits per heavy atom. The summed E-state index contributed by atoms with van der Waals surface area (Å²) in [6, 6.07) is 10.8. The van der Waals surface area contributed by atoms with Crippen molar-refractivity contribution < 1.29 is 9.90 Å². The molecule has 0 amide bonds. The molecular weight excluding hydrogens is 282 g/mol. The number of rotatable bonds is 4. The van der Waals surface area contributed by atoms with Gasteiger partial charge in [0.15, 0.2) is 0 Å². The van der Waals surface area contributed by atoms with Crippen LogP contribution in [0.15, 0.2) is 41.4 Å². The molecule has 2 rings (SSSR count). The highest BCUT2D eigenvalue weighted by atomic mass is 35.5. The minimum atomic E-state index is -0.964. The van der Waals surface area contributed by atoms with Crippen LogP contribution in [0.2, 0.25) is 5.02 Å². The number of benzene rings is 1. The third-order valence-corrected chi connectivity index (χ3v) is 3.96. The van der Waals surface area contributed by atoms with E-state index < -0.39 is 5.97 Å². The van der Waals surface area contributed by atoms with Gasteiger partial charge in [-0.1, -0.05) is 29.8 Å². The summed E-state index contributed by atoms with van der Waals surface area (Å²) in [4.78, 5) is 15.4. The summed E-state index contributed by atoms with van der Waals surface area (Å²) in [5.74, 6) is -0.370. The molecule has 98 valence electrons. The van der Waals surface area contributed by atoms with Gasteiger partial charge in [0.25, 0.3) is 0 Å². The Hall–Kier alpha value is -1.52. The minimum absolute atomic E-state index is 0.225. The molecule has 0 spiro atoms. The Kier molecular flexibility index (Phi) is 4.45. The van der Waals surface area contributed by atoms with Crippen molar-refractivity contribution >= 4 is 29.3 Å². The number of nitrogens with zero attached hydrogens (tertiary/aromatic N) is 1. The monoisotopic (exact) mass is 293 g/mol. The third kappa shape index (κ3) is 3.49. The van der Waals surface area contributed by atoms with Crippen LogP contribution < -0.4 is 0 Å². The standard InChI is InChI=1S/C14H12ClNO2S/c1-9-6-7-11(14(17)18)13(16-9)19-8-10-4-2-3-5-12(10)15/h2-7H,8H2,1H3,(H,17,18). The van der Waals surface area contributed by atoms with Gasteiger partial charge in [-0.2, -0.15) is 0 Å². The highest BCUT2D eigenvalue weighted by Gasteiger charge is 2.12. The van der Waals surface area contributed by atoms with E-state index in [2.05, 4.69) is 4.98 Å². The van der Waals surface area contributed by atoms with Crippen LogP contribution in [0.25, 0.3) is 0 Å². The molecule has 3 nitrogen and oxygen atoms in total. The van der Waals surface area contributed by atoms with Crippen molar-refractivity contribution in [2.45, 2.75) is 17.7 Å². The number of halogens is 1. The fraction of sp³-hybridized carbons (Fsp3) is 0.143. The predicted molar refractivity (Wildman–Crippen MR) is 76.9 cm³/mol. The Bertz CT molecular complexity index is 616. The molecule has 1 aromatic heterocycles. The van der Waals surface area contributed by atoms with Gasteiger partial charge in [-0.05, 0) is 30.7 Å². The maximum atomic E-state index is 11.1. The number of carboxylic acids is 1. The summed E-state index contributed by atoms with van der Waals surface area (Å²) in [7, 11) is 0. The van der Waals surface area contributed by atoms with Crippen molar-refractivity contribution in [3.8, 4) is 0 Å². The number of aryl methyl sites for hydroxylation is 1.